The Balaban J connectivity index is 1.57. The number of nitrogen functional groups attached to an aromatic ring is 1. The Morgan fingerprint density at radius 1 is 1.16 bits per heavy atom. The molecule has 1 saturated heterocycles. The van der Waals surface area contributed by atoms with E-state index in [-0.39, 0.29) is 12.2 Å². The topological polar surface area (TPSA) is 120 Å². The molecule has 1 aromatic carbocycles. The number of hydrogen-bond acceptors (Lipinski definition) is 8. The third kappa shape index (κ3) is 2.85. The van der Waals surface area contributed by atoms with E-state index in [1.807, 2.05) is 18.2 Å². The van der Waals surface area contributed by atoms with Crippen molar-refractivity contribution in [1.29, 1.82) is 0 Å². The van der Waals surface area contributed by atoms with Gasteiger partial charge >= 0.3 is 5.97 Å². The average Bonchev–Trinajstić information content (AvgIpc) is 3.16. The van der Waals surface area contributed by atoms with Crippen molar-refractivity contribution in [2.24, 2.45) is 0 Å². The standard InChI is InChI=1S/C23H22N4O5/c24-12-1-2-18-13(7-12)15(9-26-3-5-31-6-4-26)16-10-27-19(20(16)25-18)8-14-17(22(27)29)11-32-23(30)21(14)28/h1-2,7-8,21,28H,3-6,9-11,24H2. The number of pyridine rings is 2. The minimum absolute atomic E-state index is 0.132. The number of aliphatic hydroxyl groups excluding tert-OH is 1. The van der Waals surface area contributed by atoms with E-state index in [0.29, 0.717) is 54.5 Å². The third-order valence-corrected chi connectivity index (χ3v) is 6.58. The Labute approximate surface area is 183 Å². The van der Waals surface area contributed by atoms with Gasteiger partial charge < -0.3 is 24.9 Å². The molecule has 1 atom stereocenters. The van der Waals surface area contributed by atoms with Gasteiger partial charge in [0.05, 0.1) is 42.2 Å². The molecule has 0 radical (unpaired) electrons. The van der Waals surface area contributed by atoms with Gasteiger partial charge in [0.15, 0.2) is 6.10 Å². The van der Waals surface area contributed by atoms with Crippen LogP contribution in [0, 0.1) is 0 Å². The smallest absolute Gasteiger partial charge is 0.340 e. The Morgan fingerprint density at radius 3 is 2.78 bits per heavy atom. The summed E-state index contributed by atoms with van der Waals surface area (Å²) in [5, 5.41) is 11.3. The molecular formula is C23H22N4O5. The van der Waals surface area contributed by atoms with Gasteiger partial charge in [-0.1, -0.05) is 0 Å². The first-order valence-electron chi connectivity index (χ1n) is 10.6. The first-order chi connectivity index (χ1) is 15.5. The summed E-state index contributed by atoms with van der Waals surface area (Å²) in [5.41, 5.74) is 11.3. The molecule has 3 aliphatic heterocycles. The number of morpholine rings is 1. The van der Waals surface area contributed by atoms with E-state index >= 15 is 0 Å². The molecule has 9 nitrogen and oxygen atoms in total. The van der Waals surface area contributed by atoms with Gasteiger partial charge in [-0.15, -0.1) is 0 Å². The third-order valence-electron chi connectivity index (χ3n) is 6.58. The quantitative estimate of drug-likeness (QED) is 0.353. The molecule has 32 heavy (non-hydrogen) atoms. The molecule has 1 unspecified atom stereocenters. The van der Waals surface area contributed by atoms with Crippen molar-refractivity contribution >= 4 is 22.6 Å². The van der Waals surface area contributed by atoms with Gasteiger partial charge in [-0.2, -0.15) is 0 Å². The predicted octanol–water partition coefficient (Wildman–Crippen LogP) is 0.930. The molecule has 9 heteroatoms. The Hall–Kier alpha value is -3.27. The minimum atomic E-state index is -1.46. The summed E-state index contributed by atoms with van der Waals surface area (Å²) in [6, 6.07) is 7.35. The number of benzene rings is 1. The minimum Gasteiger partial charge on any atom is -0.458 e. The number of carbonyl (C=O) groups is 1. The molecule has 3 N–H and O–H groups in total. The summed E-state index contributed by atoms with van der Waals surface area (Å²) >= 11 is 0. The maximum absolute atomic E-state index is 13.3. The fraction of sp³-hybridized carbons (Fsp3) is 0.348. The van der Waals surface area contributed by atoms with Crippen LogP contribution in [0.4, 0.5) is 5.69 Å². The van der Waals surface area contributed by atoms with Crippen LogP contribution in [0.25, 0.3) is 22.3 Å². The van der Waals surface area contributed by atoms with Crippen LogP contribution in [0.5, 0.6) is 0 Å². The normalized spacial score (nSPS) is 20.0. The number of esters is 1. The fourth-order valence-corrected chi connectivity index (χ4v) is 4.89. The average molecular weight is 434 g/mol. The van der Waals surface area contributed by atoms with Crippen molar-refractivity contribution < 1.29 is 19.4 Å². The first kappa shape index (κ1) is 19.4. The fourth-order valence-electron chi connectivity index (χ4n) is 4.89. The number of rotatable bonds is 2. The Kier molecular flexibility index (Phi) is 4.32. The van der Waals surface area contributed by atoms with Crippen molar-refractivity contribution in [3.05, 3.63) is 56.9 Å². The van der Waals surface area contributed by atoms with Crippen LogP contribution in [0.1, 0.15) is 28.4 Å². The molecule has 0 amide bonds. The van der Waals surface area contributed by atoms with Crippen LogP contribution in [0.2, 0.25) is 0 Å². The molecule has 0 saturated carbocycles. The van der Waals surface area contributed by atoms with Gasteiger partial charge in [0.1, 0.15) is 6.61 Å². The number of fused-ring (bicyclic) bond motifs is 5. The van der Waals surface area contributed by atoms with E-state index in [4.69, 9.17) is 20.2 Å². The zero-order valence-corrected chi connectivity index (χ0v) is 17.3. The molecule has 0 bridgehead atoms. The highest BCUT2D eigenvalue weighted by Gasteiger charge is 2.35. The molecule has 5 heterocycles. The summed E-state index contributed by atoms with van der Waals surface area (Å²) < 4.78 is 12.1. The number of carbonyl (C=O) groups excluding carboxylic acids is 1. The molecule has 3 aliphatic rings. The highest BCUT2D eigenvalue weighted by Crippen LogP contribution is 2.38. The summed E-state index contributed by atoms with van der Waals surface area (Å²) in [6.45, 7) is 3.96. The monoisotopic (exact) mass is 434 g/mol. The number of ether oxygens (including phenoxy) is 2. The van der Waals surface area contributed by atoms with E-state index in [9.17, 15) is 14.7 Å². The van der Waals surface area contributed by atoms with Crippen LogP contribution >= 0.6 is 0 Å². The van der Waals surface area contributed by atoms with Gasteiger partial charge in [0.2, 0.25) is 0 Å². The molecule has 164 valence electrons. The molecule has 3 aromatic rings. The largest absolute Gasteiger partial charge is 0.458 e. The summed E-state index contributed by atoms with van der Waals surface area (Å²) in [5.74, 6) is -0.741. The van der Waals surface area contributed by atoms with E-state index in [1.165, 1.54) is 0 Å². The number of nitrogens with zero attached hydrogens (tertiary/aromatic N) is 3. The first-order valence-corrected chi connectivity index (χ1v) is 10.6. The van der Waals surface area contributed by atoms with Crippen LogP contribution in [0.3, 0.4) is 0 Å². The molecule has 1 fully saturated rings. The van der Waals surface area contributed by atoms with Crippen LogP contribution in [-0.2, 0) is 34.0 Å². The molecule has 2 aromatic heterocycles. The maximum Gasteiger partial charge on any atom is 0.340 e. The lowest BCUT2D eigenvalue weighted by molar-refractivity contribution is -0.157. The van der Waals surface area contributed by atoms with E-state index in [0.717, 1.165) is 35.1 Å². The number of aliphatic hydroxyl groups is 1. The molecular weight excluding hydrogens is 412 g/mol. The lowest BCUT2D eigenvalue weighted by atomic mass is 9.98. The Morgan fingerprint density at radius 2 is 1.97 bits per heavy atom. The maximum atomic E-state index is 13.3. The highest BCUT2D eigenvalue weighted by molar-refractivity contribution is 5.90. The van der Waals surface area contributed by atoms with Crippen molar-refractivity contribution in [1.82, 2.24) is 14.5 Å². The second kappa shape index (κ2) is 7.13. The molecule has 6 rings (SSSR count). The second-order valence-corrected chi connectivity index (χ2v) is 8.45. The van der Waals surface area contributed by atoms with Crippen LogP contribution < -0.4 is 11.3 Å². The van der Waals surface area contributed by atoms with E-state index < -0.39 is 12.1 Å². The van der Waals surface area contributed by atoms with Crippen LogP contribution in [0.15, 0.2) is 29.1 Å². The van der Waals surface area contributed by atoms with Crippen molar-refractivity contribution in [2.75, 3.05) is 32.0 Å². The number of cyclic esters (lactones) is 1. The number of nitrogens with two attached hydrogens (primary N) is 1. The van der Waals surface area contributed by atoms with E-state index in [1.54, 1.807) is 10.6 Å². The van der Waals surface area contributed by atoms with Crippen LogP contribution in [-0.4, -0.2) is 51.8 Å². The summed E-state index contributed by atoms with van der Waals surface area (Å²) in [6.07, 6.45) is -1.46. The van der Waals surface area contributed by atoms with Gasteiger partial charge in [-0.05, 0) is 29.8 Å². The summed E-state index contributed by atoms with van der Waals surface area (Å²) in [7, 11) is 0. The number of anilines is 1. The van der Waals surface area contributed by atoms with Gasteiger partial charge in [-0.25, -0.2) is 9.78 Å². The Bertz CT molecular complexity index is 1340. The van der Waals surface area contributed by atoms with E-state index in [2.05, 4.69) is 4.90 Å². The lowest BCUT2D eigenvalue weighted by Gasteiger charge is -2.28. The molecule has 0 spiro atoms. The van der Waals surface area contributed by atoms with Crippen molar-refractivity contribution in [2.45, 2.75) is 25.8 Å². The van der Waals surface area contributed by atoms with Gasteiger partial charge in [0.25, 0.3) is 5.56 Å². The SMILES string of the molecule is Nc1ccc2nc3c(c(CN4CCOCC4)c2c1)Cn1c-3cc2c(c1=O)COC(=O)C2O. The predicted molar refractivity (Wildman–Crippen MR) is 116 cm³/mol. The van der Waals surface area contributed by atoms with Gasteiger partial charge in [0, 0.05) is 41.8 Å². The highest BCUT2D eigenvalue weighted by atomic mass is 16.5. The van der Waals surface area contributed by atoms with Gasteiger partial charge in [-0.3, -0.25) is 9.69 Å². The van der Waals surface area contributed by atoms with Crippen molar-refractivity contribution in [3.63, 3.8) is 0 Å². The summed E-state index contributed by atoms with van der Waals surface area (Å²) in [4.78, 5) is 32.3. The zero-order chi connectivity index (χ0) is 22.0. The zero-order valence-electron chi connectivity index (χ0n) is 17.3. The number of hydrogen-bond donors (Lipinski definition) is 2. The number of aromatic nitrogens is 2. The molecule has 0 aliphatic carbocycles. The lowest BCUT2D eigenvalue weighted by Crippen LogP contribution is -2.36. The second-order valence-electron chi connectivity index (χ2n) is 8.45. The van der Waals surface area contributed by atoms with Crippen molar-refractivity contribution in [3.8, 4) is 11.4 Å².